The van der Waals surface area contributed by atoms with E-state index in [1.54, 1.807) is 60.7 Å². The van der Waals surface area contributed by atoms with Gasteiger partial charge in [-0.25, -0.2) is 16.8 Å². The van der Waals surface area contributed by atoms with Crippen LogP contribution in [0.3, 0.4) is 0 Å². The maximum Gasteiger partial charge on any atom is 0.194 e. The molecule has 12 heteroatoms. The minimum absolute atomic E-state index is 0.120. The Morgan fingerprint density at radius 1 is 0.500 bits per heavy atom. The molecule has 208 valence electrons. The average molecular weight is 583 g/mol. The molecule has 0 radical (unpaired) electrons. The smallest absolute Gasteiger partial charge is 0.194 e. The minimum Gasteiger partial charge on any atom is -0.744 e. The molecule has 0 fully saturated rings. The van der Waals surface area contributed by atoms with Crippen molar-refractivity contribution in [3.63, 3.8) is 0 Å². The van der Waals surface area contributed by atoms with Gasteiger partial charge in [0.15, 0.2) is 11.6 Å². The maximum atomic E-state index is 12.3. The fourth-order valence-corrected chi connectivity index (χ4v) is 4.59. The Bertz CT molecular complexity index is 1660. The number of ketones is 2. The van der Waals surface area contributed by atoms with Gasteiger partial charge in [0, 0.05) is 34.4 Å². The van der Waals surface area contributed by atoms with Crippen LogP contribution in [0.25, 0.3) is 0 Å². The number of quaternary nitrogens is 2. The van der Waals surface area contributed by atoms with Gasteiger partial charge in [-0.3, -0.25) is 9.59 Å². The van der Waals surface area contributed by atoms with E-state index in [9.17, 15) is 35.5 Å². The molecule has 1 aliphatic carbocycles. The van der Waals surface area contributed by atoms with E-state index in [1.807, 2.05) is 13.8 Å². The van der Waals surface area contributed by atoms with E-state index in [4.69, 9.17) is 0 Å². The van der Waals surface area contributed by atoms with Crippen molar-refractivity contribution in [3.8, 4) is 0 Å². The second kappa shape index (κ2) is 12.0. The highest BCUT2D eigenvalue weighted by Gasteiger charge is 2.30. The second-order valence-electron chi connectivity index (χ2n) is 8.95. The Labute approximate surface area is 231 Å². The van der Waals surface area contributed by atoms with Crippen molar-refractivity contribution in [2.24, 2.45) is 0 Å². The summed E-state index contributed by atoms with van der Waals surface area (Å²) in [5.74, 6) is -0.241. The summed E-state index contributed by atoms with van der Waals surface area (Å²) in [4.78, 5) is 24.3. The van der Waals surface area contributed by atoms with E-state index in [1.165, 1.54) is 24.3 Å². The van der Waals surface area contributed by atoms with Crippen LogP contribution in [0.4, 0.5) is 11.4 Å². The highest BCUT2D eigenvalue weighted by molar-refractivity contribution is 7.86. The van der Waals surface area contributed by atoms with Crippen LogP contribution < -0.4 is 11.5 Å². The molecule has 0 amide bonds. The molecule has 0 heterocycles. The van der Waals surface area contributed by atoms with Gasteiger partial charge in [-0.2, -0.15) is 0 Å². The topological polar surface area (TPSA) is 204 Å². The van der Waals surface area contributed by atoms with Crippen LogP contribution in [-0.2, 0) is 20.2 Å². The van der Waals surface area contributed by atoms with Crippen LogP contribution >= 0.6 is 0 Å². The summed E-state index contributed by atoms with van der Waals surface area (Å²) in [6.45, 7) is 3.64. The largest absolute Gasteiger partial charge is 0.744 e. The summed E-state index contributed by atoms with van der Waals surface area (Å²) in [7, 11) is -8.54. The maximum absolute atomic E-state index is 12.3. The number of carbonyl (C=O) groups excluding carboxylic acids is 2. The van der Waals surface area contributed by atoms with Crippen LogP contribution in [0, 0.1) is 13.8 Å². The van der Waals surface area contributed by atoms with Crippen molar-refractivity contribution >= 4 is 43.2 Å². The van der Waals surface area contributed by atoms with E-state index in [0.717, 1.165) is 22.5 Å². The summed E-state index contributed by atoms with van der Waals surface area (Å²) in [5, 5.41) is 0. The summed E-state index contributed by atoms with van der Waals surface area (Å²) < 4.78 is 62.3. The molecule has 0 unspecified atom stereocenters. The summed E-state index contributed by atoms with van der Waals surface area (Å²) in [6, 6.07) is 21.7. The van der Waals surface area contributed by atoms with Crippen molar-refractivity contribution in [2.75, 3.05) is 0 Å². The molecular formula is C28H26N2O8S2. The Hall–Kier alpha value is -4.04. The molecule has 10 nitrogen and oxygen atoms in total. The van der Waals surface area contributed by atoms with Gasteiger partial charge in [-0.1, -0.05) is 35.4 Å². The molecule has 40 heavy (non-hydrogen) atoms. The molecule has 1 aliphatic rings. The zero-order valence-electron chi connectivity index (χ0n) is 21.6. The van der Waals surface area contributed by atoms with E-state index in [2.05, 4.69) is 11.5 Å². The molecule has 0 saturated carbocycles. The Morgan fingerprint density at radius 2 is 0.800 bits per heavy atom. The van der Waals surface area contributed by atoms with E-state index in [-0.39, 0.29) is 21.4 Å². The predicted octanol–water partition coefficient (Wildman–Crippen LogP) is 2.01. The fraction of sp³-hybridized carbons (Fsp3) is 0.0714. The van der Waals surface area contributed by atoms with Gasteiger partial charge in [0.1, 0.15) is 31.6 Å². The Kier molecular flexibility index (Phi) is 9.15. The van der Waals surface area contributed by atoms with Gasteiger partial charge in [0.2, 0.25) is 0 Å². The SMILES string of the molecule is Cc1ccc(S(=O)(=O)[O-])cc1.Cc1ccc(S(=O)(=O)[O-])cc1.[NH3+]c1ccc2c(c1)C(=O)c1ccc([NH3+])cc1C2=O. The average Bonchev–Trinajstić information content (AvgIpc) is 2.87. The lowest BCUT2D eigenvalue weighted by Crippen LogP contribution is -2.41. The molecule has 4 aromatic carbocycles. The monoisotopic (exact) mass is 582 g/mol. The summed E-state index contributed by atoms with van der Waals surface area (Å²) >= 11 is 0. The fourth-order valence-electron chi connectivity index (χ4n) is 3.65. The molecule has 4 aromatic rings. The zero-order chi connectivity index (χ0) is 29.8. The first kappa shape index (κ1) is 30.5. The number of aryl methyl sites for hydroxylation is 2. The van der Waals surface area contributed by atoms with Gasteiger partial charge in [0.05, 0.1) is 9.79 Å². The lowest BCUT2D eigenvalue weighted by molar-refractivity contribution is -0.255. The van der Waals surface area contributed by atoms with Crippen LogP contribution in [0.2, 0.25) is 0 Å². The first-order chi connectivity index (χ1) is 18.6. The summed E-state index contributed by atoms with van der Waals surface area (Å²) in [6.07, 6.45) is 0. The first-order valence-corrected chi connectivity index (χ1v) is 14.5. The number of hydrogen-bond donors (Lipinski definition) is 2. The normalized spacial score (nSPS) is 12.2. The lowest BCUT2D eigenvalue weighted by Gasteiger charge is -2.16. The Balaban J connectivity index is 0.000000175. The molecule has 0 aliphatic heterocycles. The van der Waals surface area contributed by atoms with Gasteiger partial charge in [-0.05, 0) is 62.4 Å². The van der Waals surface area contributed by atoms with Crippen molar-refractivity contribution in [1.82, 2.24) is 0 Å². The lowest BCUT2D eigenvalue weighted by atomic mass is 9.83. The quantitative estimate of drug-likeness (QED) is 0.294. The number of benzene rings is 4. The molecule has 0 atom stereocenters. The van der Waals surface area contributed by atoms with E-state index in [0.29, 0.717) is 22.3 Å². The van der Waals surface area contributed by atoms with Crippen molar-refractivity contribution < 1.29 is 47.0 Å². The zero-order valence-corrected chi connectivity index (χ0v) is 23.2. The number of fused-ring (bicyclic) bond motifs is 2. The molecular weight excluding hydrogens is 556 g/mol. The van der Waals surface area contributed by atoms with Crippen LogP contribution in [0.15, 0.2) is 94.7 Å². The third kappa shape index (κ3) is 7.54. The summed E-state index contributed by atoms with van der Waals surface area (Å²) in [5.41, 5.74) is 12.7. The molecule has 0 aromatic heterocycles. The van der Waals surface area contributed by atoms with Gasteiger partial charge in [-0.15, -0.1) is 0 Å². The highest BCUT2D eigenvalue weighted by Crippen LogP contribution is 2.29. The molecule has 0 bridgehead atoms. The molecule has 6 N–H and O–H groups in total. The minimum atomic E-state index is -4.27. The van der Waals surface area contributed by atoms with Crippen LogP contribution in [0.1, 0.15) is 43.0 Å². The Morgan fingerprint density at radius 3 is 1.07 bits per heavy atom. The van der Waals surface area contributed by atoms with Crippen molar-refractivity contribution in [3.05, 3.63) is 118 Å². The number of carbonyl (C=O) groups is 2. The second-order valence-corrected chi connectivity index (χ2v) is 11.7. The van der Waals surface area contributed by atoms with Crippen LogP contribution in [-0.4, -0.2) is 37.5 Å². The van der Waals surface area contributed by atoms with Gasteiger partial charge >= 0.3 is 0 Å². The molecule has 5 rings (SSSR count). The third-order valence-corrected chi connectivity index (χ3v) is 7.46. The standard InChI is InChI=1S/C14H10N2O2.2C7H8O3S/c15-7-1-3-9-11(5-7)14(18)10-4-2-8(16)6-12(10)13(9)17;2*1-6-2-4-7(5-3-6)11(8,9)10/h1-6H,15-16H2;2*2-5H,1H3,(H,8,9,10). The van der Waals surface area contributed by atoms with Crippen LogP contribution in [0.5, 0.6) is 0 Å². The molecule has 0 saturated heterocycles. The first-order valence-electron chi connectivity index (χ1n) is 11.6. The van der Waals surface area contributed by atoms with E-state index >= 15 is 0 Å². The van der Waals surface area contributed by atoms with Crippen molar-refractivity contribution in [1.29, 1.82) is 0 Å². The van der Waals surface area contributed by atoms with Gasteiger partial charge < -0.3 is 20.6 Å². The van der Waals surface area contributed by atoms with Crippen molar-refractivity contribution in [2.45, 2.75) is 23.6 Å². The number of hydrogen-bond acceptors (Lipinski definition) is 8. The van der Waals surface area contributed by atoms with Gasteiger partial charge in [0.25, 0.3) is 0 Å². The third-order valence-electron chi connectivity index (χ3n) is 5.77. The highest BCUT2D eigenvalue weighted by atomic mass is 32.2. The number of rotatable bonds is 2. The van der Waals surface area contributed by atoms with E-state index < -0.39 is 20.2 Å². The predicted molar refractivity (Wildman–Crippen MR) is 143 cm³/mol. The molecule has 0 spiro atoms.